The third-order valence-electron chi connectivity index (χ3n) is 17.1. The molecule has 17 nitrogen and oxygen atoms in total. The molecular formula is C72H140O17P2. The molecule has 0 aliphatic heterocycles. The zero-order valence-corrected chi connectivity index (χ0v) is 60.9. The van der Waals surface area contributed by atoms with Gasteiger partial charge in [0, 0.05) is 25.7 Å². The van der Waals surface area contributed by atoms with Crippen molar-refractivity contribution in [1.82, 2.24) is 0 Å². The van der Waals surface area contributed by atoms with Gasteiger partial charge < -0.3 is 33.8 Å². The van der Waals surface area contributed by atoms with Gasteiger partial charge in [0.25, 0.3) is 0 Å². The minimum Gasteiger partial charge on any atom is -0.462 e. The van der Waals surface area contributed by atoms with Gasteiger partial charge in [0.2, 0.25) is 0 Å². The molecule has 3 N–H and O–H groups in total. The first-order valence-electron chi connectivity index (χ1n) is 37.5. The Morgan fingerprint density at radius 2 is 0.560 bits per heavy atom. The number of hydrogen-bond donors (Lipinski definition) is 3. The van der Waals surface area contributed by atoms with Gasteiger partial charge in [-0.15, -0.1) is 0 Å². The van der Waals surface area contributed by atoms with Gasteiger partial charge in [0.15, 0.2) is 12.2 Å². The minimum atomic E-state index is -4.95. The van der Waals surface area contributed by atoms with Crippen molar-refractivity contribution in [3.63, 3.8) is 0 Å². The Labute approximate surface area is 556 Å². The molecule has 540 valence electrons. The quantitative estimate of drug-likeness (QED) is 0.0222. The Bertz CT molecular complexity index is 1770. The molecular weight excluding hydrogens is 1200 g/mol. The summed E-state index contributed by atoms with van der Waals surface area (Å²) in [7, 11) is -9.90. The normalized spacial score (nSPS) is 14.4. The summed E-state index contributed by atoms with van der Waals surface area (Å²) in [5.74, 6) is -0.555. The van der Waals surface area contributed by atoms with Crippen molar-refractivity contribution in [2.45, 2.75) is 387 Å². The highest BCUT2D eigenvalue weighted by Crippen LogP contribution is 2.45. The number of aliphatic hydroxyl groups excluding tert-OH is 1. The standard InChI is InChI=1S/C72H140O17P2/c1-7-10-12-14-16-18-20-26-30-38-44-50-56-71(76)88-67(60-82-69(74)54-48-42-36-29-24-19-17-15-13-11-8-2)62-86-90(78,79)84-58-66(73)59-85-91(80,81)87-63-68(61-83-70(75)55-49-43-37-33-32-35-41-47-53-65(6)9-3)89-72(77)57-51-45-39-31-27-23-21-22-25-28-34-40-46-52-64(4)5/h64-68,73H,7-63H2,1-6H3,(H,78,79)(H,80,81)/t65?,66-,67+,68+/m0/s1. The molecule has 0 spiro atoms. The van der Waals surface area contributed by atoms with E-state index in [1.165, 1.54) is 186 Å². The second-order valence-corrected chi connectivity index (χ2v) is 29.6. The van der Waals surface area contributed by atoms with Crippen LogP contribution in [0, 0.1) is 11.8 Å². The van der Waals surface area contributed by atoms with Gasteiger partial charge in [-0.25, -0.2) is 9.13 Å². The van der Waals surface area contributed by atoms with Crippen LogP contribution in [0.5, 0.6) is 0 Å². The smallest absolute Gasteiger partial charge is 0.462 e. The zero-order chi connectivity index (χ0) is 67.2. The fraction of sp³-hybridized carbons (Fsp3) is 0.944. The van der Waals surface area contributed by atoms with Crippen LogP contribution in [0.15, 0.2) is 0 Å². The number of carbonyl (C=O) groups is 4. The molecule has 0 saturated carbocycles. The lowest BCUT2D eigenvalue weighted by molar-refractivity contribution is -0.161. The van der Waals surface area contributed by atoms with E-state index in [1.807, 2.05) is 0 Å². The third-order valence-corrected chi connectivity index (χ3v) is 19.0. The molecule has 0 amide bonds. The minimum absolute atomic E-state index is 0.107. The van der Waals surface area contributed by atoms with Crippen molar-refractivity contribution >= 4 is 39.5 Å². The predicted octanol–water partition coefficient (Wildman–Crippen LogP) is 20.8. The molecule has 6 atom stereocenters. The molecule has 0 aliphatic rings. The Kier molecular flexibility index (Phi) is 62.7. The first-order valence-corrected chi connectivity index (χ1v) is 40.5. The van der Waals surface area contributed by atoms with Crippen LogP contribution in [0.1, 0.15) is 369 Å². The maximum absolute atomic E-state index is 13.0. The Balaban J connectivity index is 5.25. The van der Waals surface area contributed by atoms with Crippen molar-refractivity contribution < 1.29 is 80.2 Å². The summed E-state index contributed by atoms with van der Waals surface area (Å²) in [6.07, 6.45) is 49.7. The third kappa shape index (κ3) is 65.1. The average molecular weight is 1340 g/mol. The number of ether oxygens (including phenoxy) is 4. The van der Waals surface area contributed by atoms with Crippen molar-refractivity contribution in [1.29, 1.82) is 0 Å². The lowest BCUT2D eigenvalue weighted by Gasteiger charge is -2.21. The van der Waals surface area contributed by atoms with Crippen molar-refractivity contribution in [2.75, 3.05) is 39.6 Å². The molecule has 0 aromatic carbocycles. The fourth-order valence-corrected chi connectivity index (χ4v) is 12.5. The van der Waals surface area contributed by atoms with Crippen molar-refractivity contribution in [2.24, 2.45) is 11.8 Å². The van der Waals surface area contributed by atoms with Gasteiger partial charge in [-0.3, -0.25) is 37.3 Å². The highest BCUT2D eigenvalue weighted by molar-refractivity contribution is 7.47. The number of phosphoric acid groups is 2. The first-order chi connectivity index (χ1) is 43.9. The van der Waals surface area contributed by atoms with Crippen LogP contribution >= 0.6 is 15.6 Å². The molecule has 91 heavy (non-hydrogen) atoms. The lowest BCUT2D eigenvalue weighted by atomic mass is 9.99. The van der Waals surface area contributed by atoms with Gasteiger partial charge in [-0.05, 0) is 37.5 Å². The Morgan fingerprint density at radius 1 is 0.319 bits per heavy atom. The number of hydrogen-bond acceptors (Lipinski definition) is 15. The number of aliphatic hydroxyl groups is 1. The van der Waals surface area contributed by atoms with Gasteiger partial charge in [-0.1, -0.05) is 318 Å². The molecule has 0 heterocycles. The first kappa shape index (κ1) is 89.1. The molecule has 0 aromatic heterocycles. The van der Waals surface area contributed by atoms with Crippen LogP contribution in [0.4, 0.5) is 0 Å². The number of carbonyl (C=O) groups excluding carboxylic acids is 4. The molecule has 0 rings (SSSR count). The van der Waals surface area contributed by atoms with E-state index >= 15 is 0 Å². The SMILES string of the molecule is CCCCCCCCCCCCCCC(=O)O[C@H](COC(=O)CCCCCCCCCCCCC)COP(=O)(O)OC[C@H](O)COP(=O)(O)OC[C@@H](COC(=O)CCCCCCCCCCC(C)CC)OC(=O)CCCCCCCCCCCCCCCC(C)C. The van der Waals surface area contributed by atoms with E-state index < -0.39 is 97.5 Å². The molecule has 0 saturated heterocycles. The van der Waals surface area contributed by atoms with Crippen LogP contribution in [0.25, 0.3) is 0 Å². The lowest BCUT2D eigenvalue weighted by Crippen LogP contribution is -2.30. The summed E-state index contributed by atoms with van der Waals surface area (Å²) in [4.78, 5) is 72.6. The van der Waals surface area contributed by atoms with Gasteiger partial charge in [-0.2, -0.15) is 0 Å². The Morgan fingerprint density at radius 3 is 0.835 bits per heavy atom. The summed E-state index contributed by atoms with van der Waals surface area (Å²) in [5, 5.41) is 10.6. The summed E-state index contributed by atoms with van der Waals surface area (Å²) in [6, 6.07) is 0. The van der Waals surface area contributed by atoms with Crippen LogP contribution < -0.4 is 0 Å². The number of unbranched alkanes of at least 4 members (excludes halogenated alkanes) is 40. The van der Waals surface area contributed by atoms with Crippen LogP contribution in [-0.2, 0) is 65.4 Å². The van der Waals surface area contributed by atoms with Crippen molar-refractivity contribution in [3.05, 3.63) is 0 Å². The van der Waals surface area contributed by atoms with Gasteiger partial charge >= 0.3 is 39.5 Å². The largest absolute Gasteiger partial charge is 0.472 e. The van der Waals surface area contributed by atoms with E-state index in [4.69, 9.17) is 37.0 Å². The number of rotatable bonds is 71. The summed E-state index contributed by atoms with van der Waals surface area (Å²) in [5.41, 5.74) is 0. The molecule has 19 heteroatoms. The van der Waals surface area contributed by atoms with E-state index in [-0.39, 0.29) is 25.7 Å². The molecule has 3 unspecified atom stereocenters. The van der Waals surface area contributed by atoms with Crippen molar-refractivity contribution in [3.8, 4) is 0 Å². The van der Waals surface area contributed by atoms with Crippen LogP contribution in [-0.4, -0.2) is 96.7 Å². The monoisotopic (exact) mass is 1340 g/mol. The highest BCUT2D eigenvalue weighted by atomic mass is 31.2. The van der Waals surface area contributed by atoms with Crippen LogP contribution in [0.2, 0.25) is 0 Å². The second kappa shape index (κ2) is 64.1. The average Bonchev–Trinajstić information content (AvgIpc) is 3.65. The summed E-state index contributed by atoms with van der Waals surface area (Å²) >= 11 is 0. The topological polar surface area (TPSA) is 237 Å². The fourth-order valence-electron chi connectivity index (χ4n) is 10.9. The van der Waals surface area contributed by atoms with Crippen LogP contribution in [0.3, 0.4) is 0 Å². The number of phosphoric ester groups is 2. The van der Waals surface area contributed by atoms with Gasteiger partial charge in [0.1, 0.15) is 19.3 Å². The zero-order valence-electron chi connectivity index (χ0n) is 59.1. The summed E-state index contributed by atoms with van der Waals surface area (Å²) < 4.78 is 68.4. The number of esters is 4. The second-order valence-electron chi connectivity index (χ2n) is 26.7. The highest BCUT2D eigenvalue weighted by Gasteiger charge is 2.30. The summed E-state index contributed by atoms with van der Waals surface area (Å²) in [6.45, 7) is 9.58. The molecule has 0 aliphatic carbocycles. The predicted molar refractivity (Wildman–Crippen MR) is 368 cm³/mol. The van der Waals surface area contributed by atoms with Gasteiger partial charge in [0.05, 0.1) is 26.4 Å². The van der Waals surface area contributed by atoms with E-state index in [0.717, 1.165) is 102 Å². The van der Waals surface area contributed by atoms with E-state index in [1.54, 1.807) is 0 Å². The maximum Gasteiger partial charge on any atom is 0.472 e. The Hall–Kier alpha value is -1.94. The molecule has 0 bridgehead atoms. The van der Waals surface area contributed by atoms with E-state index in [0.29, 0.717) is 25.7 Å². The molecule has 0 radical (unpaired) electrons. The molecule has 0 aromatic rings. The van der Waals surface area contributed by atoms with E-state index in [9.17, 15) is 43.2 Å². The maximum atomic E-state index is 13.0. The van der Waals surface area contributed by atoms with E-state index in [2.05, 4.69) is 41.5 Å². The molecule has 0 fully saturated rings.